The van der Waals surface area contributed by atoms with Crippen LogP contribution < -0.4 is 10.6 Å². The van der Waals surface area contributed by atoms with Crippen molar-refractivity contribution in [1.29, 1.82) is 0 Å². The molecule has 3 rings (SSSR count). The van der Waals surface area contributed by atoms with Gasteiger partial charge in [-0.25, -0.2) is 4.79 Å². The van der Waals surface area contributed by atoms with Crippen molar-refractivity contribution in [2.24, 2.45) is 10.2 Å². The van der Waals surface area contributed by atoms with Gasteiger partial charge in [-0.2, -0.15) is 10.2 Å². The number of nitrogens with one attached hydrogen (secondary N) is 2. The fourth-order valence-corrected chi connectivity index (χ4v) is 4.35. The Bertz CT molecular complexity index is 1190. The third-order valence-electron chi connectivity index (χ3n) is 4.53. The fourth-order valence-electron chi connectivity index (χ4n) is 2.84. The summed E-state index contributed by atoms with van der Waals surface area (Å²) in [6.45, 7) is 1.71. The first-order chi connectivity index (χ1) is 15.8. The van der Waals surface area contributed by atoms with Gasteiger partial charge in [0.2, 0.25) is 0 Å². The monoisotopic (exact) mass is 481 g/mol. The van der Waals surface area contributed by atoms with E-state index in [0.717, 1.165) is 22.7 Å². The number of carbonyl (C=O) groups excluding carboxylic acids is 2. The second-order valence-electron chi connectivity index (χ2n) is 7.11. The highest BCUT2D eigenvalue weighted by molar-refractivity contribution is 7.80. The molecule has 0 aliphatic carbocycles. The lowest BCUT2D eigenvalue weighted by atomic mass is 10.1. The highest BCUT2D eigenvalue weighted by Crippen LogP contribution is 2.34. The number of thiophene rings is 1. The number of amides is 1. The van der Waals surface area contributed by atoms with E-state index in [4.69, 9.17) is 17.0 Å². The summed E-state index contributed by atoms with van der Waals surface area (Å²) < 4.78 is 4.90. The summed E-state index contributed by atoms with van der Waals surface area (Å²) in [4.78, 5) is 26.7. The summed E-state index contributed by atoms with van der Waals surface area (Å²) >= 11 is 6.57. The molecule has 10 heteroatoms. The normalized spacial score (nSPS) is 10.7. The van der Waals surface area contributed by atoms with E-state index in [1.54, 1.807) is 33.2 Å². The van der Waals surface area contributed by atoms with Crippen LogP contribution >= 0.6 is 23.6 Å². The highest BCUT2D eigenvalue weighted by atomic mass is 32.1. The second-order valence-corrected chi connectivity index (χ2v) is 8.54. The molecule has 0 fully saturated rings. The maximum atomic E-state index is 12.5. The van der Waals surface area contributed by atoms with Gasteiger partial charge in [-0.1, -0.05) is 18.2 Å². The van der Waals surface area contributed by atoms with Gasteiger partial charge in [-0.05, 0) is 61.1 Å². The molecule has 1 heterocycles. The number of ether oxygens (including phenoxy) is 1. The van der Waals surface area contributed by atoms with Crippen LogP contribution in [0.4, 0.5) is 22.1 Å². The quantitative estimate of drug-likeness (QED) is 0.264. The van der Waals surface area contributed by atoms with Crippen molar-refractivity contribution in [1.82, 2.24) is 4.90 Å². The Balaban J connectivity index is 1.72. The van der Waals surface area contributed by atoms with Crippen molar-refractivity contribution in [2.75, 3.05) is 31.8 Å². The number of azo groups is 1. The predicted molar refractivity (Wildman–Crippen MR) is 135 cm³/mol. The van der Waals surface area contributed by atoms with Crippen molar-refractivity contribution in [2.45, 2.75) is 6.92 Å². The van der Waals surface area contributed by atoms with E-state index >= 15 is 0 Å². The number of hydrogen-bond acceptors (Lipinski definition) is 7. The number of rotatable bonds is 6. The second kappa shape index (κ2) is 10.8. The SMILES string of the molecule is COC(=O)c1c(NC(=S)Nc2ccc(N=Nc3ccccc3)cc2)sc(C(=O)N(C)C)c1C. The summed E-state index contributed by atoms with van der Waals surface area (Å²) in [5, 5.41) is 15.2. The number of benzene rings is 2. The lowest BCUT2D eigenvalue weighted by molar-refractivity contribution is 0.0601. The first kappa shape index (κ1) is 24.0. The number of thiocarbonyl (C=S) groups is 1. The van der Waals surface area contributed by atoms with Gasteiger partial charge < -0.3 is 20.3 Å². The molecule has 0 saturated heterocycles. The third kappa shape index (κ3) is 5.99. The lowest BCUT2D eigenvalue weighted by Crippen LogP contribution is -2.21. The van der Waals surface area contributed by atoms with Gasteiger partial charge in [-0.3, -0.25) is 4.79 Å². The molecule has 2 N–H and O–H groups in total. The Hall–Kier alpha value is -3.63. The molecule has 170 valence electrons. The molecule has 0 atom stereocenters. The van der Waals surface area contributed by atoms with Crippen LogP contribution in [0.5, 0.6) is 0 Å². The molecule has 1 amide bonds. The van der Waals surface area contributed by atoms with E-state index in [-0.39, 0.29) is 16.6 Å². The molecule has 0 unspecified atom stereocenters. The number of nitrogens with zero attached hydrogens (tertiary/aromatic N) is 3. The summed E-state index contributed by atoms with van der Waals surface area (Å²) in [6, 6.07) is 16.7. The van der Waals surface area contributed by atoms with Crippen LogP contribution in [0.3, 0.4) is 0 Å². The van der Waals surface area contributed by atoms with E-state index in [9.17, 15) is 9.59 Å². The highest BCUT2D eigenvalue weighted by Gasteiger charge is 2.26. The zero-order chi connectivity index (χ0) is 24.0. The Morgan fingerprint density at radius 2 is 1.58 bits per heavy atom. The molecule has 0 bridgehead atoms. The van der Waals surface area contributed by atoms with E-state index in [1.165, 1.54) is 12.0 Å². The Labute approximate surface area is 201 Å². The average Bonchev–Trinajstić information content (AvgIpc) is 3.13. The van der Waals surface area contributed by atoms with Crippen LogP contribution in [-0.2, 0) is 4.74 Å². The van der Waals surface area contributed by atoms with Gasteiger partial charge in [0, 0.05) is 19.8 Å². The minimum atomic E-state index is -0.542. The van der Waals surface area contributed by atoms with Gasteiger partial charge >= 0.3 is 5.97 Å². The molecule has 0 aliphatic rings. The average molecular weight is 482 g/mol. The van der Waals surface area contributed by atoms with Crippen LogP contribution in [0.1, 0.15) is 25.6 Å². The van der Waals surface area contributed by atoms with Gasteiger partial charge in [0.25, 0.3) is 5.91 Å². The smallest absolute Gasteiger partial charge is 0.341 e. The van der Waals surface area contributed by atoms with Crippen LogP contribution in [-0.4, -0.2) is 43.1 Å². The number of hydrogen-bond donors (Lipinski definition) is 2. The predicted octanol–water partition coefficient (Wildman–Crippen LogP) is 5.77. The lowest BCUT2D eigenvalue weighted by Gasteiger charge is -2.10. The minimum absolute atomic E-state index is 0.199. The standard InChI is InChI=1S/C23H23N5O3S2/c1-14-18(22(30)31-4)20(33-19(14)21(29)28(2)3)25-23(32)24-15-10-12-17(13-11-15)27-26-16-8-6-5-7-9-16/h5-13H,1-4H3,(H2,24,25,32). The van der Waals surface area contributed by atoms with Gasteiger partial charge in [0.05, 0.1) is 28.9 Å². The maximum absolute atomic E-state index is 12.5. The first-order valence-electron chi connectivity index (χ1n) is 9.88. The largest absolute Gasteiger partial charge is 0.465 e. The third-order valence-corrected chi connectivity index (χ3v) is 5.93. The summed E-state index contributed by atoms with van der Waals surface area (Å²) in [7, 11) is 4.60. The molecule has 0 saturated carbocycles. The van der Waals surface area contributed by atoms with Gasteiger partial charge in [0.15, 0.2) is 5.11 Å². The van der Waals surface area contributed by atoms with Crippen LogP contribution in [0.25, 0.3) is 0 Å². The Kier molecular flexibility index (Phi) is 7.86. The molecule has 1 aromatic heterocycles. The number of carbonyl (C=O) groups is 2. The van der Waals surface area contributed by atoms with Crippen molar-refractivity contribution in [3.63, 3.8) is 0 Å². The van der Waals surface area contributed by atoms with Gasteiger partial charge in [-0.15, -0.1) is 11.3 Å². The summed E-state index contributed by atoms with van der Waals surface area (Å²) in [6.07, 6.45) is 0. The van der Waals surface area contributed by atoms with E-state index in [1.807, 2.05) is 42.5 Å². The summed E-state index contributed by atoms with van der Waals surface area (Å²) in [5.74, 6) is -0.741. The van der Waals surface area contributed by atoms with Crippen LogP contribution in [0.15, 0.2) is 64.8 Å². The van der Waals surface area contributed by atoms with Crippen LogP contribution in [0.2, 0.25) is 0 Å². The van der Waals surface area contributed by atoms with Crippen molar-refractivity contribution < 1.29 is 14.3 Å². The maximum Gasteiger partial charge on any atom is 0.341 e. The van der Waals surface area contributed by atoms with Crippen molar-refractivity contribution in [3.05, 3.63) is 70.6 Å². The van der Waals surface area contributed by atoms with E-state index in [2.05, 4.69) is 20.9 Å². The summed E-state index contributed by atoms with van der Waals surface area (Å²) in [5.41, 5.74) is 3.02. The van der Waals surface area contributed by atoms with E-state index < -0.39 is 5.97 Å². The fraction of sp³-hybridized carbons (Fsp3) is 0.174. The topological polar surface area (TPSA) is 95.4 Å². The molecule has 33 heavy (non-hydrogen) atoms. The minimum Gasteiger partial charge on any atom is -0.465 e. The van der Waals surface area contributed by atoms with E-state index in [0.29, 0.717) is 21.1 Å². The number of esters is 1. The number of anilines is 2. The zero-order valence-corrected chi connectivity index (χ0v) is 20.2. The molecule has 8 nitrogen and oxygen atoms in total. The zero-order valence-electron chi connectivity index (χ0n) is 18.6. The molecule has 0 spiro atoms. The molecule has 3 aromatic rings. The van der Waals surface area contributed by atoms with Gasteiger partial charge in [0.1, 0.15) is 5.00 Å². The first-order valence-corrected chi connectivity index (χ1v) is 11.1. The molecular weight excluding hydrogens is 458 g/mol. The van der Waals surface area contributed by atoms with Crippen molar-refractivity contribution in [3.8, 4) is 0 Å². The Morgan fingerprint density at radius 3 is 2.15 bits per heavy atom. The van der Waals surface area contributed by atoms with Crippen molar-refractivity contribution >= 4 is 62.6 Å². The molecular formula is C23H23N5O3S2. The molecule has 2 aromatic carbocycles. The van der Waals surface area contributed by atoms with Crippen LogP contribution in [0, 0.1) is 6.92 Å². The molecule has 0 radical (unpaired) electrons. The molecule has 0 aliphatic heterocycles. The number of methoxy groups -OCH3 is 1. The Morgan fingerprint density at radius 1 is 0.970 bits per heavy atom.